The highest BCUT2D eigenvalue weighted by Crippen LogP contribution is 2.26. The third-order valence-electron chi connectivity index (χ3n) is 3.71. The predicted octanol–water partition coefficient (Wildman–Crippen LogP) is -0.853. The Hall–Kier alpha value is -2.25. The Kier molecular flexibility index (Phi) is 5.46. The maximum Gasteiger partial charge on any atom is 0.243 e. The van der Waals surface area contributed by atoms with Crippen LogP contribution in [0.5, 0.6) is 0 Å². The van der Waals surface area contributed by atoms with Gasteiger partial charge in [-0.25, -0.2) is 0 Å². The van der Waals surface area contributed by atoms with E-state index in [1.54, 1.807) is 6.92 Å². The highest BCUT2D eigenvalue weighted by Gasteiger charge is 2.46. The maximum absolute atomic E-state index is 12.3. The molecule has 0 saturated carbocycles. The Labute approximate surface area is 134 Å². The molecule has 0 unspecified atom stereocenters. The van der Waals surface area contributed by atoms with E-state index < -0.39 is 23.5 Å². The molecule has 0 radical (unpaired) electrons. The topological polar surface area (TPSA) is 114 Å². The molecule has 1 heterocycles. The molecule has 7 nitrogen and oxygen atoms in total. The minimum absolute atomic E-state index is 0.126. The zero-order valence-corrected chi connectivity index (χ0v) is 13.0. The number of nitrogens with one attached hydrogen (secondary N) is 2. The van der Waals surface area contributed by atoms with Crippen LogP contribution in [0.2, 0.25) is 0 Å². The fourth-order valence-electron chi connectivity index (χ4n) is 2.06. The monoisotopic (exact) mass is 319 g/mol. The second-order valence-electron chi connectivity index (χ2n) is 5.67. The molecule has 1 fully saturated rings. The molecule has 1 aromatic rings. The fourth-order valence-corrected chi connectivity index (χ4v) is 2.06. The van der Waals surface area contributed by atoms with Gasteiger partial charge in [-0.2, -0.15) is 0 Å². The number of rotatable bonds is 8. The van der Waals surface area contributed by atoms with E-state index in [-0.39, 0.29) is 18.9 Å². The fraction of sp³-hybridized carbons (Fsp3) is 0.438. The lowest BCUT2D eigenvalue weighted by molar-refractivity contribution is -0.130. The number of hydrogen-bond donors (Lipinski definition) is 3. The van der Waals surface area contributed by atoms with Crippen molar-refractivity contribution in [2.75, 3.05) is 19.7 Å². The third-order valence-corrected chi connectivity index (χ3v) is 3.71. The van der Waals surface area contributed by atoms with E-state index in [0.717, 1.165) is 5.56 Å². The van der Waals surface area contributed by atoms with Crippen molar-refractivity contribution in [3.63, 3.8) is 0 Å². The van der Waals surface area contributed by atoms with Crippen LogP contribution in [0.25, 0.3) is 0 Å². The molecule has 0 aliphatic carbocycles. The smallest absolute Gasteiger partial charge is 0.243 e. The van der Waals surface area contributed by atoms with E-state index in [0.29, 0.717) is 13.0 Å². The molecule has 0 bridgehead atoms. The zero-order valence-electron chi connectivity index (χ0n) is 13.0. The van der Waals surface area contributed by atoms with Gasteiger partial charge in [0.25, 0.3) is 0 Å². The van der Waals surface area contributed by atoms with Gasteiger partial charge in [0.15, 0.2) is 5.78 Å². The third kappa shape index (κ3) is 4.87. The highest BCUT2D eigenvalue weighted by molar-refractivity contribution is 5.95. The molecule has 1 aliphatic heterocycles. The lowest BCUT2D eigenvalue weighted by Crippen LogP contribution is -2.51. The maximum atomic E-state index is 12.3. The van der Waals surface area contributed by atoms with Gasteiger partial charge in [-0.15, -0.1) is 0 Å². The van der Waals surface area contributed by atoms with Crippen LogP contribution >= 0.6 is 0 Å². The summed E-state index contributed by atoms with van der Waals surface area (Å²) in [7, 11) is 0. The molecule has 1 aliphatic rings. The Bertz CT molecular complexity index is 584. The summed E-state index contributed by atoms with van der Waals surface area (Å²) in [6.45, 7) is 1.72. The van der Waals surface area contributed by atoms with Crippen molar-refractivity contribution < 1.29 is 19.1 Å². The van der Waals surface area contributed by atoms with Gasteiger partial charge >= 0.3 is 0 Å². The first-order valence-electron chi connectivity index (χ1n) is 7.43. The Balaban J connectivity index is 1.95. The summed E-state index contributed by atoms with van der Waals surface area (Å²) >= 11 is 0. The van der Waals surface area contributed by atoms with Crippen molar-refractivity contribution in [2.24, 2.45) is 5.73 Å². The molecule has 23 heavy (non-hydrogen) atoms. The van der Waals surface area contributed by atoms with Gasteiger partial charge in [-0.1, -0.05) is 30.3 Å². The van der Waals surface area contributed by atoms with Crippen LogP contribution in [-0.4, -0.2) is 48.9 Å². The van der Waals surface area contributed by atoms with Crippen molar-refractivity contribution in [1.82, 2.24) is 10.6 Å². The average Bonchev–Trinajstić information content (AvgIpc) is 3.31. The predicted molar refractivity (Wildman–Crippen MR) is 83.5 cm³/mol. The number of nitrogens with two attached hydrogens (primary N) is 1. The van der Waals surface area contributed by atoms with E-state index >= 15 is 0 Å². The van der Waals surface area contributed by atoms with E-state index in [1.807, 2.05) is 30.3 Å². The SMILES string of the molecule is C[C@]1(C(=O)CNC(=O)[C@H](Cc2ccccc2)NC(=O)CN)CO1. The van der Waals surface area contributed by atoms with Gasteiger partial charge in [0.1, 0.15) is 11.6 Å². The summed E-state index contributed by atoms with van der Waals surface area (Å²) in [6, 6.07) is 8.51. The Morgan fingerprint density at radius 3 is 2.52 bits per heavy atom. The lowest BCUT2D eigenvalue weighted by Gasteiger charge is -2.18. The van der Waals surface area contributed by atoms with Gasteiger partial charge in [0.05, 0.1) is 19.7 Å². The van der Waals surface area contributed by atoms with Gasteiger partial charge < -0.3 is 21.1 Å². The van der Waals surface area contributed by atoms with Crippen molar-refractivity contribution >= 4 is 17.6 Å². The molecular weight excluding hydrogens is 298 g/mol. The van der Waals surface area contributed by atoms with Gasteiger partial charge in [0, 0.05) is 6.42 Å². The Morgan fingerprint density at radius 2 is 1.96 bits per heavy atom. The molecular formula is C16H21N3O4. The first kappa shape index (κ1) is 17.1. The normalized spacial score (nSPS) is 20.4. The van der Waals surface area contributed by atoms with E-state index in [9.17, 15) is 14.4 Å². The molecule has 124 valence electrons. The van der Waals surface area contributed by atoms with Crippen LogP contribution in [-0.2, 0) is 25.5 Å². The van der Waals surface area contributed by atoms with Crippen LogP contribution in [0.15, 0.2) is 30.3 Å². The summed E-state index contributed by atoms with van der Waals surface area (Å²) < 4.78 is 5.04. The molecule has 0 aromatic heterocycles. The van der Waals surface area contributed by atoms with E-state index in [2.05, 4.69) is 10.6 Å². The van der Waals surface area contributed by atoms with Gasteiger partial charge in [-0.3, -0.25) is 14.4 Å². The lowest BCUT2D eigenvalue weighted by atomic mass is 10.0. The summed E-state index contributed by atoms with van der Waals surface area (Å²) in [5, 5.41) is 5.13. The standard InChI is InChI=1S/C16H21N3O4/c1-16(10-23-16)13(20)9-18-15(22)12(19-14(21)8-17)7-11-5-3-2-4-6-11/h2-6,12H,7-10,17H2,1H3,(H,18,22)(H,19,21)/t12-,16+/m0/s1. The van der Waals surface area contributed by atoms with Gasteiger partial charge in [0.2, 0.25) is 11.8 Å². The number of epoxide rings is 1. The summed E-state index contributed by atoms with van der Waals surface area (Å²) in [5.41, 5.74) is 5.41. The quantitative estimate of drug-likeness (QED) is 0.540. The first-order valence-corrected chi connectivity index (χ1v) is 7.43. The van der Waals surface area contributed by atoms with E-state index in [4.69, 9.17) is 10.5 Å². The van der Waals surface area contributed by atoms with Crippen LogP contribution in [0.1, 0.15) is 12.5 Å². The molecule has 2 amide bonds. The number of ketones is 1. The number of hydrogen-bond acceptors (Lipinski definition) is 5. The van der Waals surface area contributed by atoms with Crippen LogP contribution in [0.3, 0.4) is 0 Å². The number of carbonyl (C=O) groups is 3. The second kappa shape index (κ2) is 7.34. The molecule has 7 heteroatoms. The molecule has 2 rings (SSSR count). The Morgan fingerprint density at radius 1 is 1.30 bits per heavy atom. The molecule has 1 aromatic carbocycles. The largest absolute Gasteiger partial charge is 0.362 e. The highest BCUT2D eigenvalue weighted by atomic mass is 16.6. The minimum Gasteiger partial charge on any atom is -0.362 e. The number of benzene rings is 1. The van der Waals surface area contributed by atoms with Crippen molar-refractivity contribution in [2.45, 2.75) is 25.0 Å². The van der Waals surface area contributed by atoms with Crippen LogP contribution < -0.4 is 16.4 Å². The van der Waals surface area contributed by atoms with Crippen LogP contribution in [0, 0.1) is 0 Å². The van der Waals surface area contributed by atoms with Crippen LogP contribution in [0.4, 0.5) is 0 Å². The second-order valence-corrected chi connectivity index (χ2v) is 5.67. The molecule has 4 N–H and O–H groups in total. The molecule has 0 spiro atoms. The summed E-state index contributed by atoms with van der Waals surface area (Å²) in [6.07, 6.45) is 0.320. The van der Waals surface area contributed by atoms with E-state index in [1.165, 1.54) is 0 Å². The van der Waals surface area contributed by atoms with Gasteiger partial charge in [-0.05, 0) is 12.5 Å². The van der Waals surface area contributed by atoms with Crippen molar-refractivity contribution in [3.05, 3.63) is 35.9 Å². The number of carbonyl (C=O) groups excluding carboxylic acids is 3. The number of Topliss-reactive ketones (excluding diaryl/α,β-unsaturated/α-hetero) is 1. The zero-order chi connectivity index (χ0) is 16.9. The average molecular weight is 319 g/mol. The minimum atomic E-state index is -0.783. The summed E-state index contributed by atoms with van der Waals surface area (Å²) in [5.74, 6) is -1.03. The molecule has 1 saturated heterocycles. The number of amides is 2. The summed E-state index contributed by atoms with van der Waals surface area (Å²) in [4.78, 5) is 35.7. The first-order chi connectivity index (χ1) is 10.9. The molecule has 2 atom stereocenters. The van der Waals surface area contributed by atoms with Crippen molar-refractivity contribution in [1.29, 1.82) is 0 Å². The number of ether oxygens (including phenoxy) is 1. The van der Waals surface area contributed by atoms with Crippen molar-refractivity contribution in [3.8, 4) is 0 Å².